The minimum Gasteiger partial charge on any atom is -0.398 e. The van der Waals surface area contributed by atoms with E-state index in [2.05, 4.69) is 108 Å². The number of nitrogens with one attached hydrogen (secondary N) is 4. The molecule has 13 heterocycles. The van der Waals surface area contributed by atoms with Crippen LogP contribution in [0.1, 0.15) is 99.4 Å². The first-order chi connectivity index (χ1) is 35.8. The van der Waals surface area contributed by atoms with E-state index in [1.165, 1.54) is 4.40 Å². The maximum absolute atomic E-state index is 12.2. The number of aromatic amines is 3. The Bertz CT molecular complexity index is 4290. The second kappa shape index (κ2) is 20.3. The standard InChI is InChI=1S/C11H13N5O.C11H12N4O.C10H11N5O.C10H13N3.C9H11N3O/c1-6(2)16-5-12-8-9(16)14-11-13-7(3)4-15(11)10(8)17;1-7(2)15-6-12-9-10(16)13-8-4-3-5-14(8)11(9)15;1-6(2)15-5-12-7-8(15)13-10-11-3-4-14(10)9(7)16;1-7(2)13-6-4-8-9(11)3-5-12-10(8)13;1-6(2)12-5-11-8-7(12)3-4-10-9(8)13/h5-6H,3-4H2,1-2H3,(H,13,14);3-7H,1-2H3,(H,13,16);3-6H,1-2H3,(H,11,13);3-7H,1-2H3,(H2,11,12);3-6H,1-2H3,(H,10,13). The van der Waals surface area contributed by atoms with Gasteiger partial charge >= 0.3 is 0 Å². The summed E-state index contributed by atoms with van der Waals surface area (Å²) < 4.78 is 14.9. The lowest BCUT2D eigenvalue weighted by Crippen LogP contribution is -2.19. The highest BCUT2D eigenvalue weighted by molar-refractivity contribution is 5.88. The number of rotatable bonds is 5. The van der Waals surface area contributed by atoms with Crippen LogP contribution in [0, 0.1) is 0 Å². The largest absolute Gasteiger partial charge is 0.398 e. The molecule has 12 aromatic heterocycles. The average molecular weight is 1020 g/mol. The Morgan fingerprint density at radius 2 is 1.24 bits per heavy atom. The fraction of sp³-hybridized carbons (Fsp3) is 0.314. The van der Waals surface area contributed by atoms with Crippen LogP contribution in [0.15, 0.2) is 124 Å². The lowest BCUT2D eigenvalue weighted by Gasteiger charge is -2.08. The number of pyridine rings is 2. The lowest BCUT2D eigenvalue weighted by atomic mass is 10.3. The van der Waals surface area contributed by atoms with Crippen molar-refractivity contribution in [2.75, 3.05) is 11.1 Å². The fourth-order valence-electron chi connectivity index (χ4n) is 8.68. The van der Waals surface area contributed by atoms with Gasteiger partial charge in [0.25, 0.3) is 22.2 Å². The van der Waals surface area contributed by atoms with Crippen molar-refractivity contribution in [1.29, 1.82) is 0 Å². The second-order valence-corrected chi connectivity index (χ2v) is 19.3. The van der Waals surface area contributed by atoms with Gasteiger partial charge < -0.3 is 48.8 Å². The predicted molar refractivity (Wildman–Crippen MR) is 291 cm³/mol. The van der Waals surface area contributed by atoms with E-state index in [0.29, 0.717) is 58.1 Å². The number of hydrogen-bond acceptors (Lipinski definition) is 13. The fourth-order valence-corrected chi connectivity index (χ4v) is 8.68. The zero-order valence-corrected chi connectivity index (χ0v) is 43.4. The van der Waals surface area contributed by atoms with Gasteiger partial charge in [0.15, 0.2) is 33.4 Å². The first-order valence-corrected chi connectivity index (χ1v) is 24.5. The molecule has 0 atom stereocenters. The number of imidazole rings is 5. The van der Waals surface area contributed by atoms with Crippen molar-refractivity contribution in [2.45, 2.75) is 106 Å². The molecule has 0 unspecified atom stereocenters. The quantitative estimate of drug-likeness (QED) is 0.115. The molecule has 6 N–H and O–H groups in total. The summed E-state index contributed by atoms with van der Waals surface area (Å²) in [5.74, 6) is 1.09. The van der Waals surface area contributed by atoms with Crippen molar-refractivity contribution in [2.24, 2.45) is 0 Å². The van der Waals surface area contributed by atoms with E-state index >= 15 is 0 Å². The zero-order valence-electron chi connectivity index (χ0n) is 43.4. The van der Waals surface area contributed by atoms with Crippen molar-refractivity contribution in [3.8, 4) is 0 Å². The zero-order chi connectivity index (χ0) is 53.6. The summed E-state index contributed by atoms with van der Waals surface area (Å²) in [6, 6.07) is 11.0. The van der Waals surface area contributed by atoms with Crippen molar-refractivity contribution >= 4 is 78.6 Å². The topological polar surface area (TPSA) is 282 Å². The molecule has 0 saturated heterocycles. The average Bonchev–Trinajstić information content (AvgIpc) is 4.21. The third kappa shape index (κ3) is 9.47. The minimum atomic E-state index is -0.138. The van der Waals surface area contributed by atoms with Crippen LogP contribution >= 0.6 is 0 Å². The summed E-state index contributed by atoms with van der Waals surface area (Å²) in [7, 11) is 0. The number of nitrogens with two attached hydrogens (primary N) is 1. The van der Waals surface area contributed by atoms with Gasteiger partial charge in [0, 0.05) is 84.2 Å². The van der Waals surface area contributed by atoms with Crippen LogP contribution < -0.4 is 33.3 Å². The monoisotopic (exact) mass is 1020 g/mol. The summed E-state index contributed by atoms with van der Waals surface area (Å²) in [5.41, 5.74) is 13.6. The molecule has 12 aromatic rings. The minimum absolute atomic E-state index is 0.115. The lowest BCUT2D eigenvalue weighted by molar-refractivity contribution is 0.610. The summed E-state index contributed by atoms with van der Waals surface area (Å²) in [4.78, 5) is 85.1. The van der Waals surface area contributed by atoms with Gasteiger partial charge in [-0.05, 0) is 99.6 Å². The van der Waals surface area contributed by atoms with Crippen molar-refractivity contribution < 1.29 is 0 Å². The number of aromatic nitrogens is 18. The van der Waals surface area contributed by atoms with E-state index in [-0.39, 0.29) is 40.4 Å². The normalized spacial score (nSPS) is 12.3. The summed E-state index contributed by atoms with van der Waals surface area (Å²) in [6.07, 6.45) is 17.3. The van der Waals surface area contributed by atoms with E-state index in [0.717, 1.165) is 44.9 Å². The van der Waals surface area contributed by atoms with Crippen LogP contribution in [-0.4, -0.2) is 86.0 Å². The molecule has 75 heavy (non-hydrogen) atoms. The molecule has 0 radical (unpaired) electrons. The second-order valence-electron chi connectivity index (χ2n) is 19.3. The Morgan fingerprint density at radius 1 is 0.587 bits per heavy atom. The molecule has 0 aliphatic carbocycles. The smallest absolute Gasteiger partial charge is 0.287 e. The highest BCUT2D eigenvalue weighted by Crippen LogP contribution is 2.23. The van der Waals surface area contributed by atoms with Crippen LogP contribution in [0.25, 0.3) is 67.0 Å². The number of fused-ring (bicyclic) bond motifs is 9. The SMILES string of the molecule is C=C1Cn2c(nc3c(ncn3C(C)C)c2=O)N1.CC(C)n1ccc2c(N)ccnc21.CC(C)n1cnc2c(=O)[nH]c3cccn3c21.CC(C)n1cnc2c(=O)[nH]ccc21.CC(C)n1cnc2c(=O)n3ccnc3[nH]c21. The predicted octanol–water partition coefficient (Wildman–Crippen LogP) is 7.13. The Kier molecular flexibility index (Phi) is 13.7. The van der Waals surface area contributed by atoms with Crippen LogP contribution in [0.2, 0.25) is 0 Å². The van der Waals surface area contributed by atoms with Crippen molar-refractivity contribution in [3.05, 3.63) is 147 Å². The van der Waals surface area contributed by atoms with Crippen LogP contribution in [0.3, 0.4) is 0 Å². The third-order valence-electron chi connectivity index (χ3n) is 12.5. The van der Waals surface area contributed by atoms with Gasteiger partial charge in [-0.1, -0.05) is 6.58 Å². The van der Waals surface area contributed by atoms with E-state index in [9.17, 15) is 19.2 Å². The number of hydrogen-bond donors (Lipinski definition) is 5. The molecule has 388 valence electrons. The molecule has 0 fully saturated rings. The Labute approximate surface area is 426 Å². The molecule has 0 bridgehead atoms. The van der Waals surface area contributed by atoms with Crippen LogP contribution in [0.5, 0.6) is 0 Å². The Hall–Kier alpha value is -9.35. The van der Waals surface area contributed by atoms with Gasteiger partial charge in [-0.25, -0.2) is 34.3 Å². The van der Waals surface area contributed by atoms with Gasteiger partial charge in [-0.15, -0.1) is 0 Å². The summed E-state index contributed by atoms with van der Waals surface area (Å²) in [6.45, 7) is 24.9. The highest BCUT2D eigenvalue weighted by atomic mass is 16.1. The van der Waals surface area contributed by atoms with Gasteiger partial charge in [0.2, 0.25) is 11.7 Å². The third-order valence-corrected chi connectivity index (χ3v) is 12.5. The van der Waals surface area contributed by atoms with E-state index in [1.54, 1.807) is 54.7 Å². The van der Waals surface area contributed by atoms with Gasteiger partial charge in [-0.3, -0.25) is 28.1 Å². The van der Waals surface area contributed by atoms with Gasteiger partial charge in [0.1, 0.15) is 16.9 Å². The molecule has 13 rings (SSSR count). The number of nitrogen functional groups attached to an aromatic ring is 1. The van der Waals surface area contributed by atoms with Crippen molar-refractivity contribution in [1.82, 2.24) is 86.0 Å². The molecule has 0 amide bonds. The molecule has 1 aliphatic heterocycles. The van der Waals surface area contributed by atoms with Crippen molar-refractivity contribution in [3.63, 3.8) is 0 Å². The number of nitrogens with zero attached hydrogens (tertiary/aromatic N) is 15. The highest BCUT2D eigenvalue weighted by Gasteiger charge is 2.21. The molecule has 1 aliphatic rings. The molecule has 0 spiro atoms. The maximum atomic E-state index is 12.2. The molecule has 24 heteroatoms. The van der Waals surface area contributed by atoms with Gasteiger partial charge in [0.05, 0.1) is 37.4 Å². The van der Waals surface area contributed by atoms with Gasteiger partial charge in [-0.2, -0.15) is 4.98 Å². The van der Waals surface area contributed by atoms with Crippen LogP contribution in [-0.2, 0) is 6.54 Å². The number of allylic oxidation sites excluding steroid dienone is 1. The molecule has 0 aromatic carbocycles. The number of H-pyrrole nitrogens is 3. The number of anilines is 2. The Morgan fingerprint density at radius 3 is 1.96 bits per heavy atom. The maximum Gasteiger partial charge on any atom is 0.287 e. The van der Waals surface area contributed by atoms with E-state index in [1.807, 2.05) is 93.1 Å². The molecule has 24 nitrogen and oxygen atoms in total. The first-order valence-electron chi connectivity index (χ1n) is 24.5. The van der Waals surface area contributed by atoms with E-state index < -0.39 is 0 Å². The summed E-state index contributed by atoms with van der Waals surface area (Å²) >= 11 is 0. The molecular formula is C51H60N20O4. The van der Waals surface area contributed by atoms with E-state index in [4.69, 9.17) is 5.73 Å². The molecular weight excluding hydrogens is 957 g/mol. The Balaban J connectivity index is 0.000000115. The summed E-state index contributed by atoms with van der Waals surface area (Å²) in [5, 5.41) is 4.04. The van der Waals surface area contributed by atoms with Crippen LogP contribution in [0.4, 0.5) is 11.6 Å². The first kappa shape index (κ1) is 50.6. The molecule has 0 saturated carbocycles.